The summed E-state index contributed by atoms with van der Waals surface area (Å²) in [6.07, 6.45) is 0. The number of fused-ring (bicyclic) bond motifs is 9. The van der Waals surface area contributed by atoms with Crippen molar-refractivity contribution in [2.24, 2.45) is 0 Å². The largest absolute Gasteiger partial charge is 0.456 e. The first kappa shape index (κ1) is 37.7. The van der Waals surface area contributed by atoms with E-state index in [1.807, 2.05) is 48.5 Å². The summed E-state index contributed by atoms with van der Waals surface area (Å²) in [5.74, 6) is 0. The Bertz CT molecular complexity index is 3740. The van der Waals surface area contributed by atoms with Gasteiger partial charge in [-0.15, -0.1) is 0 Å². The molecule has 0 amide bonds. The fourth-order valence-electron chi connectivity index (χ4n) is 10.1. The monoisotopic (exact) mass is 842 g/mol. The van der Waals surface area contributed by atoms with Gasteiger partial charge in [0.15, 0.2) is 0 Å². The number of rotatable bonds is 6. The van der Waals surface area contributed by atoms with Gasteiger partial charge in [0.1, 0.15) is 22.3 Å². The molecule has 0 unspecified atom stereocenters. The number of para-hydroxylation sites is 2. The third-order valence-corrected chi connectivity index (χ3v) is 13.3. The second kappa shape index (κ2) is 14.9. The van der Waals surface area contributed by atoms with E-state index >= 15 is 0 Å². The highest BCUT2D eigenvalue weighted by Crippen LogP contribution is 2.42. The smallest absolute Gasteiger partial charge is 0.136 e. The fraction of sp³-hybridized carbons (Fsp3) is 0. The van der Waals surface area contributed by atoms with Crippen LogP contribution in [0.2, 0.25) is 0 Å². The van der Waals surface area contributed by atoms with Gasteiger partial charge in [-0.3, -0.25) is 10.8 Å². The maximum absolute atomic E-state index is 9.06. The zero-order chi connectivity index (χ0) is 43.9. The molecule has 66 heavy (non-hydrogen) atoms. The molecule has 1 aliphatic rings. The fourth-order valence-corrected chi connectivity index (χ4v) is 10.1. The molecule has 0 saturated carbocycles. The lowest BCUT2D eigenvalue weighted by atomic mass is 9.80. The van der Waals surface area contributed by atoms with Gasteiger partial charge in [-0.25, -0.2) is 0 Å². The summed E-state index contributed by atoms with van der Waals surface area (Å²) in [7, 11) is 0. The van der Waals surface area contributed by atoms with E-state index in [9.17, 15) is 0 Å². The first-order valence-corrected chi connectivity index (χ1v) is 22.2. The van der Waals surface area contributed by atoms with Crippen LogP contribution in [-0.2, 0) is 0 Å². The quantitative estimate of drug-likeness (QED) is 0.175. The number of hydrogen-bond donors (Lipinski definition) is 2. The van der Waals surface area contributed by atoms with Gasteiger partial charge in [0, 0.05) is 32.7 Å². The summed E-state index contributed by atoms with van der Waals surface area (Å²) in [6.45, 7) is 0. The van der Waals surface area contributed by atoms with Crippen LogP contribution in [0.3, 0.4) is 0 Å². The molecular formula is C62H38N2O2. The highest BCUT2D eigenvalue weighted by Gasteiger charge is 2.26. The third kappa shape index (κ3) is 6.07. The Hall–Kier alpha value is -8.86. The highest BCUT2D eigenvalue weighted by molar-refractivity contribution is 6.55. The molecule has 4 nitrogen and oxygen atoms in total. The minimum atomic E-state index is 0.240. The molecule has 0 atom stereocenters. The van der Waals surface area contributed by atoms with Crippen molar-refractivity contribution >= 4 is 55.3 Å². The van der Waals surface area contributed by atoms with Crippen molar-refractivity contribution in [3.05, 3.63) is 230 Å². The Morgan fingerprint density at radius 2 is 0.545 bits per heavy atom. The number of nitrogens with one attached hydrogen (secondary N) is 2. The molecule has 0 saturated heterocycles. The van der Waals surface area contributed by atoms with Crippen LogP contribution in [0.5, 0.6) is 0 Å². The summed E-state index contributed by atoms with van der Waals surface area (Å²) in [6, 6.07) is 76.5. The summed E-state index contributed by atoms with van der Waals surface area (Å²) in [4.78, 5) is 0. The van der Waals surface area contributed by atoms with Crippen molar-refractivity contribution in [1.29, 1.82) is 10.8 Å². The van der Waals surface area contributed by atoms with E-state index in [2.05, 4.69) is 170 Å². The second-order valence-corrected chi connectivity index (χ2v) is 17.1. The van der Waals surface area contributed by atoms with Gasteiger partial charge < -0.3 is 8.83 Å². The molecule has 0 bridgehead atoms. The Balaban J connectivity index is 0.848. The van der Waals surface area contributed by atoms with Gasteiger partial charge in [-0.2, -0.15) is 0 Å². The van der Waals surface area contributed by atoms with E-state index in [4.69, 9.17) is 19.7 Å². The molecule has 0 aliphatic heterocycles. The first-order chi connectivity index (χ1) is 32.5. The molecule has 1 aliphatic carbocycles. The maximum Gasteiger partial charge on any atom is 0.136 e. The van der Waals surface area contributed by atoms with Gasteiger partial charge in [0.2, 0.25) is 0 Å². The van der Waals surface area contributed by atoms with Crippen molar-refractivity contribution in [2.75, 3.05) is 0 Å². The zero-order valence-electron chi connectivity index (χ0n) is 35.6. The van der Waals surface area contributed by atoms with E-state index in [0.29, 0.717) is 0 Å². The number of furan rings is 2. The van der Waals surface area contributed by atoms with E-state index in [0.717, 1.165) is 133 Å². The van der Waals surface area contributed by atoms with Crippen LogP contribution in [0.1, 0.15) is 11.1 Å². The minimum absolute atomic E-state index is 0.240. The van der Waals surface area contributed by atoms with Crippen LogP contribution in [0.4, 0.5) is 0 Å². The zero-order valence-corrected chi connectivity index (χ0v) is 35.6. The predicted molar refractivity (Wildman–Crippen MR) is 273 cm³/mol. The van der Waals surface area contributed by atoms with Crippen LogP contribution in [0.25, 0.3) is 122 Å². The van der Waals surface area contributed by atoms with Gasteiger partial charge in [-0.1, -0.05) is 158 Å². The van der Waals surface area contributed by atoms with Crippen LogP contribution in [0.15, 0.2) is 227 Å². The molecule has 4 heteroatoms. The Labute approximate surface area is 380 Å². The lowest BCUT2D eigenvalue weighted by Gasteiger charge is -2.23. The summed E-state index contributed by atoms with van der Waals surface area (Å²) < 4.78 is 12.4. The molecule has 13 rings (SSSR count). The van der Waals surface area contributed by atoms with Crippen molar-refractivity contribution in [1.82, 2.24) is 0 Å². The Morgan fingerprint density at radius 3 is 0.955 bits per heavy atom. The number of hydrogen-bond acceptors (Lipinski definition) is 4. The summed E-state index contributed by atoms with van der Waals surface area (Å²) in [5.41, 5.74) is 20.8. The molecule has 0 spiro atoms. The average Bonchev–Trinajstić information content (AvgIpc) is 3.97. The molecular weight excluding hydrogens is 805 g/mol. The van der Waals surface area contributed by atoms with Gasteiger partial charge in [0.05, 0.1) is 11.4 Å². The summed E-state index contributed by atoms with van der Waals surface area (Å²) in [5, 5.41) is 22.6. The van der Waals surface area contributed by atoms with E-state index in [1.54, 1.807) is 0 Å². The topological polar surface area (TPSA) is 74.0 Å². The Morgan fingerprint density at radius 1 is 0.227 bits per heavy atom. The highest BCUT2D eigenvalue weighted by atomic mass is 16.3. The van der Waals surface area contributed by atoms with E-state index in [-0.39, 0.29) is 11.4 Å². The molecule has 2 heterocycles. The molecule has 0 radical (unpaired) electrons. The van der Waals surface area contributed by atoms with Gasteiger partial charge >= 0.3 is 0 Å². The van der Waals surface area contributed by atoms with Gasteiger partial charge in [0.25, 0.3) is 0 Å². The first-order valence-electron chi connectivity index (χ1n) is 22.2. The van der Waals surface area contributed by atoms with Crippen molar-refractivity contribution in [3.8, 4) is 77.9 Å². The van der Waals surface area contributed by atoms with Crippen molar-refractivity contribution < 1.29 is 8.83 Å². The lowest BCUT2D eigenvalue weighted by Crippen LogP contribution is -2.21. The van der Waals surface area contributed by atoms with Crippen LogP contribution < -0.4 is 0 Å². The van der Waals surface area contributed by atoms with Crippen LogP contribution in [-0.4, -0.2) is 11.4 Å². The SMILES string of the molecule is N=C1C(=N)c2ccc(-c3cccc(-c4cccc(-c5cccc6oc7ccccc7c56)c4)c3)cc2-c2cc(-c3cccc(-c4cccc(-c5cccc6oc7ccccc7c56)c4)c3)ccc21. The summed E-state index contributed by atoms with van der Waals surface area (Å²) >= 11 is 0. The van der Waals surface area contributed by atoms with Crippen molar-refractivity contribution in [3.63, 3.8) is 0 Å². The standard InChI is InChI=1S/C62H38N2O2/c63-61-49-29-27-43(39-13-5-11-37(31-39)41-15-7-17-45(33-41)47-21-9-25-57-59(47)51-19-1-3-23-55(51)65-57)35-53(49)54-36-44(28-30-50(54)62(61)64)40-14-6-12-38(32-40)42-16-8-18-46(34-42)48-22-10-26-58-60(48)52-20-2-4-24-56(52)66-58/h1-36,63-64H. The van der Waals surface area contributed by atoms with E-state index in [1.165, 1.54) is 0 Å². The average molecular weight is 843 g/mol. The second-order valence-electron chi connectivity index (χ2n) is 17.1. The van der Waals surface area contributed by atoms with Gasteiger partial charge in [-0.05, 0) is 139 Å². The molecule has 308 valence electrons. The predicted octanol–water partition coefficient (Wildman–Crippen LogP) is 16.9. The maximum atomic E-state index is 9.06. The normalized spacial score (nSPS) is 12.3. The van der Waals surface area contributed by atoms with E-state index < -0.39 is 0 Å². The molecule has 12 aromatic rings. The molecule has 2 N–H and O–H groups in total. The van der Waals surface area contributed by atoms with Crippen molar-refractivity contribution in [2.45, 2.75) is 0 Å². The molecule has 10 aromatic carbocycles. The third-order valence-electron chi connectivity index (χ3n) is 13.3. The minimum Gasteiger partial charge on any atom is -0.456 e. The number of benzene rings is 10. The van der Waals surface area contributed by atoms with Crippen LogP contribution >= 0.6 is 0 Å². The molecule has 0 fully saturated rings. The van der Waals surface area contributed by atoms with Crippen LogP contribution in [0, 0.1) is 10.8 Å². The lowest BCUT2D eigenvalue weighted by molar-refractivity contribution is 0.668. The molecule has 2 aromatic heterocycles. The Kier molecular flexibility index (Phi) is 8.49.